The normalized spacial score (nSPS) is 10.6. The Balaban J connectivity index is 0.000000425. The minimum Gasteiger partial charge on any atom is -0.491 e. The van der Waals surface area contributed by atoms with Crippen LogP contribution < -0.4 is 16.2 Å². The summed E-state index contributed by atoms with van der Waals surface area (Å²) in [6.45, 7) is 7.38. The molecule has 3 nitrogen and oxygen atoms in total. The van der Waals surface area contributed by atoms with E-state index in [2.05, 4.69) is 26.8 Å². The summed E-state index contributed by atoms with van der Waals surface area (Å²) < 4.78 is 5.70. The number of rotatable bonds is 15. The molecule has 0 bridgehead atoms. The van der Waals surface area contributed by atoms with E-state index >= 15 is 0 Å². The lowest BCUT2D eigenvalue weighted by Gasteiger charge is -2.08. The van der Waals surface area contributed by atoms with Crippen LogP contribution in [0.15, 0.2) is 48.5 Å². The Morgan fingerprint density at radius 2 is 1.25 bits per heavy atom. The predicted molar refractivity (Wildman–Crippen MR) is 142 cm³/mol. The second-order valence-electron chi connectivity index (χ2n) is 9.10. The van der Waals surface area contributed by atoms with E-state index in [1.807, 2.05) is 42.5 Å². The van der Waals surface area contributed by atoms with Crippen LogP contribution in [-0.4, -0.2) is 6.61 Å². The number of hydrogen-bond donors (Lipinski definition) is 2. The Morgan fingerprint density at radius 3 is 1.75 bits per heavy atom. The second kappa shape index (κ2) is 18.4. The third-order valence-electron chi connectivity index (χ3n) is 5.75. The largest absolute Gasteiger partial charge is 0.491 e. The van der Waals surface area contributed by atoms with E-state index in [9.17, 15) is 0 Å². The summed E-state index contributed by atoms with van der Waals surface area (Å²) >= 11 is 0. The van der Waals surface area contributed by atoms with Gasteiger partial charge in [0.05, 0.1) is 12.3 Å². The molecule has 0 radical (unpaired) electrons. The molecule has 0 aliphatic rings. The number of nitrogen functional groups attached to an aromatic ring is 2. The number of para-hydroxylation sites is 2. The zero-order valence-corrected chi connectivity index (χ0v) is 21.0. The average Bonchev–Trinajstić information content (AvgIpc) is 2.78. The Bertz CT molecular complexity index is 699. The molecule has 4 N–H and O–H groups in total. The van der Waals surface area contributed by atoms with E-state index in [0.717, 1.165) is 30.2 Å². The summed E-state index contributed by atoms with van der Waals surface area (Å²) in [6, 6.07) is 15.7. The molecule has 0 aliphatic heterocycles. The van der Waals surface area contributed by atoms with Crippen LogP contribution in [0.5, 0.6) is 5.75 Å². The molecule has 0 aromatic heterocycles. The number of unbranched alkanes of at least 4 members (excludes halogenated alkanes) is 11. The minimum absolute atomic E-state index is 0.573. The molecule has 3 heteroatoms. The van der Waals surface area contributed by atoms with Crippen molar-refractivity contribution < 1.29 is 4.74 Å². The minimum atomic E-state index is 0.573. The molecular weight excluding hydrogens is 392 g/mol. The molecular formula is C29H48N2O. The maximum absolute atomic E-state index is 5.84. The summed E-state index contributed by atoms with van der Waals surface area (Å²) in [5.41, 5.74) is 14.3. The lowest BCUT2D eigenvalue weighted by atomic mass is 10.0. The van der Waals surface area contributed by atoms with Crippen LogP contribution in [0.1, 0.15) is 109 Å². The van der Waals surface area contributed by atoms with Crippen LogP contribution in [-0.2, 0) is 0 Å². The van der Waals surface area contributed by atoms with Crippen molar-refractivity contribution in [2.24, 2.45) is 0 Å². The highest BCUT2D eigenvalue weighted by Crippen LogP contribution is 2.20. The number of hydrogen-bond acceptors (Lipinski definition) is 3. The van der Waals surface area contributed by atoms with Crippen LogP contribution >= 0.6 is 0 Å². The Hall–Kier alpha value is -2.16. The van der Waals surface area contributed by atoms with Gasteiger partial charge in [0.25, 0.3) is 0 Å². The van der Waals surface area contributed by atoms with Crippen LogP contribution in [0.3, 0.4) is 0 Å². The summed E-state index contributed by atoms with van der Waals surface area (Å²) in [7, 11) is 0. The Morgan fingerprint density at radius 1 is 0.688 bits per heavy atom. The summed E-state index contributed by atoms with van der Waals surface area (Å²) in [6.07, 6.45) is 16.4. The van der Waals surface area contributed by atoms with Crippen LogP contribution in [0, 0.1) is 0 Å². The molecule has 0 aliphatic carbocycles. The first-order valence-electron chi connectivity index (χ1n) is 12.9. The van der Waals surface area contributed by atoms with E-state index in [-0.39, 0.29) is 0 Å². The fourth-order valence-electron chi connectivity index (χ4n) is 3.66. The maximum Gasteiger partial charge on any atom is 0.142 e. The van der Waals surface area contributed by atoms with Crippen molar-refractivity contribution >= 4 is 11.4 Å². The molecule has 2 aromatic rings. The highest BCUT2D eigenvalue weighted by molar-refractivity contribution is 5.51. The van der Waals surface area contributed by atoms with Crippen molar-refractivity contribution in [2.45, 2.75) is 104 Å². The van der Waals surface area contributed by atoms with Gasteiger partial charge in [0, 0.05) is 5.69 Å². The molecule has 0 unspecified atom stereocenters. The van der Waals surface area contributed by atoms with E-state index in [4.69, 9.17) is 16.2 Å². The molecule has 0 spiro atoms. The number of benzene rings is 2. The first-order chi connectivity index (χ1) is 15.5. The molecule has 0 amide bonds. The van der Waals surface area contributed by atoms with Gasteiger partial charge in [-0.25, -0.2) is 0 Å². The lowest BCUT2D eigenvalue weighted by Crippen LogP contribution is -2.00. The third-order valence-corrected chi connectivity index (χ3v) is 5.75. The quantitative estimate of drug-likeness (QED) is 0.215. The SMILES string of the molecule is CC(C)c1cccc(N)c1.CCCCCCCCCCCCCCOc1ccccc1N. The van der Waals surface area contributed by atoms with Crippen molar-refractivity contribution in [1.82, 2.24) is 0 Å². The van der Waals surface area contributed by atoms with E-state index in [1.54, 1.807) is 0 Å². The van der Waals surface area contributed by atoms with Gasteiger partial charge >= 0.3 is 0 Å². The molecule has 2 aromatic carbocycles. The highest BCUT2D eigenvalue weighted by atomic mass is 16.5. The van der Waals surface area contributed by atoms with Gasteiger partial charge in [-0.1, -0.05) is 116 Å². The van der Waals surface area contributed by atoms with Gasteiger partial charge in [0.15, 0.2) is 0 Å². The van der Waals surface area contributed by atoms with Crippen molar-refractivity contribution in [3.05, 3.63) is 54.1 Å². The van der Waals surface area contributed by atoms with Crippen molar-refractivity contribution in [3.63, 3.8) is 0 Å². The molecule has 32 heavy (non-hydrogen) atoms. The van der Waals surface area contributed by atoms with Crippen LogP contribution in [0.2, 0.25) is 0 Å². The molecule has 180 valence electrons. The van der Waals surface area contributed by atoms with Gasteiger partial charge in [0.2, 0.25) is 0 Å². The fraction of sp³-hybridized carbons (Fsp3) is 0.586. The average molecular weight is 441 g/mol. The lowest BCUT2D eigenvalue weighted by molar-refractivity contribution is 0.306. The van der Waals surface area contributed by atoms with Crippen molar-refractivity contribution in [1.29, 1.82) is 0 Å². The predicted octanol–water partition coefficient (Wildman–Crippen LogP) is 8.74. The molecule has 0 atom stereocenters. The second-order valence-corrected chi connectivity index (χ2v) is 9.10. The van der Waals surface area contributed by atoms with E-state index in [1.165, 1.54) is 76.2 Å². The number of ether oxygens (including phenoxy) is 1. The maximum atomic E-state index is 5.84. The van der Waals surface area contributed by atoms with Crippen molar-refractivity contribution in [3.8, 4) is 5.75 Å². The Kier molecular flexibility index (Phi) is 16.0. The summed E-state index contributed by atoms with van der Waals surface area (Å²) in [5, 5.41) is 0. The fourth-order valence-corrected chi connectivity index (χ4v) is 3.66. The van der Waals surface area contributed by atoms with Gasteiger partial charge in [-0.05, 0) is 42.2 Å². The Labute approximate surface area is 197 Å². The molecule has 0 saturated carbocycles. The smallest absolute Gasteiger partial charge is 0.142 e. The van der Waals surface area contributed by atoms with E-state index in [0.29, 0.717) is 5.92 Å². The van der Waals surface area contributed by atoms with Crippen LogP contribution in [0.25, 0.3) is 0 Å². The zero-order valence-electron chi connectivity index (χ0n) is 21.0. The topological polar surface area (TPSA) is 61.3 Å². The van der Waals surface area contributed by atoms with Gasteiger partial charge in [-0.3, -0.25) is 0 Å². The number of nitrogens with two attached hydrogens (primary N) is 2. The van der Waals surface area contributed by atoms with Gasteiger partial charge in [-0.2, -0.15) is 0 Å². The first kappa shape index (κ1) is 27.9. The monoisotopic (exact) mass is 440 g/mol. The first-order valence-corrected chi connectivity index (χ1v) is 12.9. The number of anilines is 2. The zero-order chi connectivity index (χ0) is 23.4. The van der Waals surface area contributed by atoms with E-state index < -0.39 is 0 Å². The van der Waals surface area contributed by atoms with Crippen LogP contribution in [0.4, 0.5) is 11.4 Å². The standard InChI is InChI=1S/C20H35NO.C9H13N/c1-2-3-4-5-6-7-8-9-10-11-12-15-18-22-20-17-14-13-16-19(20)21;1-7(2)8-4-3-5-9(10)6-8/h13-14,16-17H,2-12,15,18,21H2,1H3;3-7H,10H2,1-2H3. The van der Waals surface area contributed by atoms with Crippen molar-refractivity contribution in [2.75, 3.05) is 18.1 Å². The van der Waals surface area contributed by atoms with Gasteiger partial charge < -0.3 is 16.2 Å². The highest BCUT2D eigenvalue weighted by Gasteiger charge is 1.98. The third kappa shape index (κ3) is 14.0. The van der Waals surface area contributed by atoms with Gasteiger partial charge in [-0.15, -0.1) is 0 Å². The molecule has 0 fully saturated rings. The summed E-state index contributed by atoms with van der Waals surface area (Å²) in [5.74, 6) is 1.40. The molecule has 2 rings (SSSR count). The molecule has 0 heterocycles. The summed E-state index contributed by atoms with van der Waals surface area (Å²) in [4.78, 5) is 0. The van der Waals surface area contributed by atoms with Gasteiger partial charge in [0.1, 0.15) is 5.75 Å². The molecule has 0 saturated heterocycles.